The molecule has 2 N–H and O–H groups in total. The molecule has 4 nitrogen and oxygen atoms in total. The molecular formula is C11H13ClN4. The van der Waals surface area contributed by atoms with E-state index in [1.807, 2.05) is 19.9 Å². The average molecular weight is 237 g/mol. The summed E-state index contributed by atoms with van der Waals surface area (Å²) in [5.41, 5.74) is 7.05. The van der Waals surface area contributed by atoms with E-state index < -0.39 is 0 Å². The van der Waals surface area contributed by atoms with Gasteiger partial charge in [-0.15, -0.1) is 6.58 Å². The van der Waals surface area contributed by atoms with Gasteiger partial charge < -0.3 is 5.73 Å². The highest BCUT2D eigenvalue weighted by Gasteiger charge is 2.20. The molecule has 0 amide bonds. The lowest BCUT2D eigenvalue weighted by molar-refractivity contribution is 0.644. The highest BCUT2D eigenvalue weighted by Crippen LogP contribution is 2.26. The van der Waals surface area contributed by atoms with Crippen LogP contribution < -0.4 is 5.73 Å². The molecule has 0 radical (unpaired) electrons. The van der Waals surface area contributed by atoms with E-state index in [9.17, 15) is 0 Å². The fourth-order valence-electron chi connectivity index (χ4n) is 1.39. The maximum Gasteiger partial charge on any atom is 0.176 e. The van der Waals surface area contributed by atoms with Gasteiger partial charge in [-0.05, 0) is 0 Å². The van der Waals surface area contributed by atoms with Gasteiger partial charge in [0.2, 0.25) is 0 Å². The van der Waals surface area contributed by atoms with Crippen LogP contribution in [0.1, 0.15) is 19.5 Å². The third-order valence-corrected chi connectivity index (χ3v) is 2.89. The smallest absolute Gasteiger partial charge is 0.176 e. The van der Waals surface area contributed by atoms with E-state index >= 15 is 0 Å². The molecule has 2 aromatic heterocycles. The summed E-state index contributed by atoms with van der Waals surface area (Å²) in [5, 5.41) is 4.53. The predicted molar refractivity (Wildman–Crippen MR) is 65.6 cm³/mol. The molecule has 84 valence electrons. The molecular weight excluding hydrogens is 224 g/mol. The van der Waals surface area contributed by atoms with Gasteiger partial charge in [-0.2, -0.15) is 9.61 Å². The molecule has 0 atom stereocenters. The summed E-state index contributed by atoms with van der Waals surface area (Å²) < 4.78 is 1.52. The van der Waals surface area contributed by atoms with E-state index in [0.717, 1.165) is 5.69 Å². The summed E-state index contributed by atoms with van der Waals surface area (Å²) in [5.74, 6) is 0.516. The Bertz CT molecular complexity index is 556. The van der Waals surface area contributed by atoms with Crippen molar-refractivity contribution >= 4 is 23.1 Å². The number of nitrogens with two attached hydrogens (primary N) is 1. The number of hydrogen-bond donors (Lipinski definition) is 1. The first-order valence-electron chi connectivity index (χ1n) is 4.89. The molecule has 0 aromatic carbocycles. The van der Waals surface area contributed by atoms with Crippen LogP contribution in [0.15, 0.2) is 24.9 Å². The van der Waals surface area contributed by atoms with E-state index in [4.69, 9.17) is 17.3 Å². The van der Waals surface area contributed by atoms with Crippen molar-refractivity contribution in [3.8, 4) is 0 Å². The van der Waals surface area contributed by atoms with Crippen LogP contribution in [0.2, 0.25) is 5.02 Å². The normalized spacial score (nSPS) is 11.9. The molecule has 0 unspecified atom stereocenters. The van der Waals surface area contributed by atoms with E-state index in [1.165, 1.54) is 10.7 Å². The monoisotopic (exact) mass is 236 g/mol. The van der Waals surface area contributed by atoms with Crippen LogP contribution in [0, 0.1) is 0 Å². The van der Waals surface area contributed by atoms with Gasteiger partial charge in [-0.1, -0.05) is 31.5 Å². The van der Waals surface area contributed by atoms with Crippen LogP contribution in [-0.2, 0) is 5.41 Å². The molecule has 0 saturated carbocycles. The third kappa shape index (κ3) is 1.55. The Morgan fingerprint density at radius 1 is 1.56 bits per heavy atom. The minimum Gasteiger partial charge on any atom is -0.384 e. The minimum absolute atomic E-state index is 0.247. The van der Waals surface area contributed by atoms with E-state index in [1.54, 1.807) is 6.07 Å². The largest absolute Gasteiger partial charge is 0.384 e. The molecule has 2 heterocycles. The van der Waals surface area contributed by atoms with Gasteiger partial charge in [0.15, 0.2) is 5.65 Å². The zero-order valence-electron chi connectivity index (χ0n) is 9.24. The maximum atomic E-state index is 5.98. The van der Waals surface area contributed by atoms with Gasteiger partial charge in [0, 0.05) is 11.5 Å². The van der Waals surface area contributed by atoms with Crippen LogP contribution >= 0.6 is 11.6 Å². The highest BCUT2D eigenvalue weighted by molar-refractivity contribution is 6.33. The molecule has 0 fully saturated rings. The summed E-state index contributed by atoms with van der Waals surface area (Å²) in [6, 6.07) is 1.79. The number of nitrogen functional groups attached to an aromatic ring is 1. The molecule has 0 saturated heterocycles. The Labute approximate surface area is 98.7 Å². The van der Waals surface area contributed by atoms with Crippen molar-refractivity contribution in [2.45, 2.75) is 19.3 Å². The second kappa shape index (κ2) is 3.49. The fourth-order valence-corrected chi connectivity index (χ4v) is 1.56. The fraction of sp³-hybridized carbons (Fsp3) is 0.273. The van der Waals surface area contributed by atoms with Crippen LogP contribution in [0.5, 0.6) is 0 Å². The standard InChI is InChI=1S/C11H13ClN4/c1-4-11(2,3)8-5-9(13)16-10(15-8)7(12)6-14-16/h4-6H,1,13H2,2-3H3. The van der Waals surface area contributed by atoms with E-state index in [0.29, 0.717) is 16.5 Å². The molecule has 2 rings (SSSR count). The molecule has 2 aromatic rings. The number of halogens is 1. The first-order valence-corrected chi connectivity index (χ1v) is 5.27. The molecule has 0 spiro atoms. The molecule has 0 aliphatic carbocycles. The number of nitrogens with zero attached hydrogens (tertiary/aromatic N) is 3. The lowest BCUT2D eigenvalue weighted by Crippen LogP contribution is -2.17. The summed E-state index contributed by atoms with van der Waals surface area (Å²) in [6.07, 6.45) is 3.36. The van der Waals surface area contributed by atoms with Gasteiger partial charge in [0.1, 0.15) is 10.8 Å². The Balaban J connectivity index is 2.74. The van der Waals surface area contributed by atoms with Crippen molar-refractivity contribution in [2.75, 3.05) is 5.73 Å². The summed E-state index contributed by atoms with van der Waals surface area (Å²) >= 11 is 5.98. The quantitative estimate of drug-likeness (QED) is 0.815. The summed E-state index contributed by atoms with van der Waals surface area (Å²) in [7, 11) is 0. The summed E-state index contributed by atoms with van der Waals surface area (Å²) in [4.78, 5) is 4.46. The predicted octanol–water partition coefficient (Wildman–Crippen LogP) is 2.43. The lowest BCUT2D eigenvalue weighted by Gasteiger charge is -2.19. The van der Waals surface area contributed by atoms with Gasteiger partial charge in [0.05, 0.1) is 11.9 Å². The summed E-state index contributed by atoms with van der Waals surface area (Å²) in [6.45, 7) is 7.83. The Hall–Kier alpha value is -1.55. The topological polar surface area (TPSA) is 56.2 Å². The van der Waals surface area contributed by atoms with Gasteiger partial charge >= 0.3 is 0 Å². The maximum absolute atomic E-state index is 5.98. The number of allylic oxidation sites excluding steroid dienone is 1. The number of anilines is 1. The number of fused-ring (bicyclic) bond motifs is 1. The van der Waals surface area contributed by atoms with Crippen molar-refractivity contribution < 1.29 is 0 Å². The lowest BCUT2D eigenvalue weighted by atomic mass is 9.89. The SMILES string of the molecule is C=CC(C)(C)c1cc(N)n2ncc(Cl)c2n1. The third-order valence-electron chi connectivity index (χ3n) is 2.63. The highest BCUT2D eigenvalue weighted by atomic mass is 35.5. The van der Waals surface area contributed by atoms with Crippen molar-refractivity contribution in [1.29, 1.82) is 0 Å². The second-order valence-corrected chi connectivity index (χ2v) is 4.63. The Morgan fingerprint density at radius 2 is 2.25 bits per heavy atom. The zero-order chi connectivity index (χ0) is 11.9. The number of aromatic nitrogens is 3. The van der Waals surface area contributed by atoms with E-state index in [-0.39, 0.29) is 5.41 Å². The van der Waals surface area contributed by atoms with Crippen molar-refractivity contribution in [3.63, 3.8) is 0 Å². The molecule has 0 aliphatic heterocycles. The van der Waals surface area contributed by atoms with Crippen molar-refractivity contribution in [2.24, 2.45) is 0 Å². The van der Waals surface area contributed by atoms with Crippen molar-refractivity contribution in [3.05, 3.63) is 35.6 Å². The molecule has 0 aliphatic rings. The molecule has 0 bridgehead atoms. The molecule has 5 heteroatoms. The van der Waals surface area contributed by atoms with Gasteiger partial charge in [0.25, 0.3) is 0 Å². The van der Waals surface area contributed by atoms with Crippen molar-refractivity contribution in [1.82, 2.24) is 14.6 Å². The van der Waals surface area contributed by atoms with Gasteiger partial charge in [-0.25, -0.2) is 4.98 Å². The van der Waals surface area contributed by atoms with Crippen LogP contribution in [-0.4, -0.2) is 14.6 Å². The first-order chi connectivity index (χ1) is 7.45. The van der Waals surface area contributed by atoms with Crippen LogP contribution in [0.3, 0.4) is 0 Å². The Kier molecular flexibility index (Phi) is 2.39. The Morgan fingerprint density at radius 3 is 2.88 bits per heavy atom. The first kappa shape index (κ1) is 11.0. The zero-order valence-corrected chi connectivity index (χ0v) is 9.99. The minimum atomic E-state index is -0.247. The number of rotatable bonds is 2. The number of hydrogen-bond acceptors (Lipinski definition) is 3. The van der Waals surface area contributed by atoms with Crippen LogP contribution in [0.4, 0.5) is 5.82 Å². The van der Waals surface area contributed by atoms with Crippen LogP contribution in [0.25, 0.3) is 5.65 Å². The van der Waals surface area contributed by atoms with Gasteiger partial charge in [-0.3, -0.25) is 0 Å². The molecule has 16 heavy (non-hydrogen) atoms. The average Bonchev–Trinajstić information content (AvgIpc) is 2.61. The second-order valence-electron chi connectivity index (χ2n) is 4.22. The van der Waals surface area contributed by atoms with E-state index in [2.05, 4.69) is 16.7 Å².